The van der Waals surface area contributed by atoms with Gasteiger partial charge in [0.1, 0.15) is 0 Å². The SMILES string of the molecule is C=C[C@@H]1CCC[C@H]1C(=O)c1cc2ccccc2c2ccccc12. The van der Waals surface area contributed by atoms with Gasteiger partial charge in [-0.1, -0.05) is 61.0 Å². The van der Waals surface area contributed by atoms with Gasteiger partial charge in [0, 0.05) is 11.5 Å². The van der Waals surface area contributed by atoms with Crippen molar-refractivity contribution in [3.05, 3.63) is 72.8 Å². The van der Waals surface area contributed by atoms with E-state index in [9.17, 15) is 4.79 Å². The minimum Gasteiger partial charge on any atom is -0.294 e. The average molecular weight is 300 g/mol. The van der Waals surface area contributed by atoms with Crippen molar-refractivity contribution in [1.82, 2.24) is 0 Å². The van der Waals surface area contributed by atoms with Crippen LogP contribution >= 0.6 is 0 Å². The molecule has 1 aliphatic rings. The Balaban J connectivity index is 1.94. The molecule has 0 saturated heterocycles. The lowest BCUT2D eigenvalue weighted by Gasteiger charge is -2.17. The average Bonchev–Trinajstić information content (AvgIpc) is 3.09. The van der Waals surface area contributed by atoms with E-state index in [0.29, 0.717) is 5.92 Å². The van der Waals surface area contributed by atoms with E-state index in [1.54, 1.807) is 0 Å². The van der Waals surface area contributed by atoms with Gasteiger partial charge in [0.05, 0.1) is 0 Å². The molecule has 0 N–H and O–H groups in total. The standard InChI is InChI=1S/C22H20O/c1-2-15-9-7-13-18(15)22(23)21-14-16-8-3-4-10-17(16)19-11-5-6-12-20(19)21/h2-6,8,10-12,14-15,18H,1,7,9,13H2/t15-,18-/m1/s1. The molecule has 1 nitrogen and oxygen atoms in total. The fraction of sp³-hybridized carbons (Fsp3) is 0.227. The fourth-order valence-corrected chi connectivity index (χ4v) is 4.05. The van der Waals surface area contributed by atoms with Crippen molar-refractivity contribution < 1.29 is 4.79 Å². The number of ketones is 1. The monoisotopic (exact) mass is 300 g/mol. The Morgan fingerprint density at radius 1 is 0.957 bits per heavy atom. The van der Waals surface area contributed by atoms with Gasteiger partial charge in [0.25, 0.3) is 0 Å². The second kappa shape index (κ2) is 5.66. The van der Waals surface area contributed by atoms with Crippen LogP contribution in [0.2, 0.25) is 0 Å². The molecular formula is C22H20O. The molecule has 1 heteroatoms. The number of hydrogen-bond acceptors (Lipinski definition) is 1. The van der Waals surface area contributed by atoms with Crippen LogP contribution in [0.4, 0.5) is 0 Å². The Labute approximate surface area is 136 Å². The molecule has 0 aromatic heterocycles. The van der Waals surface area contributed by atoms with Crippen LogP contribution in [0.5, 0.6) is 0 Å². The van der Waals surface area contributed by atoms with Crippen molar-refractivity contribution in [3.63, 3.8) is 0 Å². The third-order valence-electron chi connectivity index (χ3n) is 5.24. The predicted octanol–water partition coefficient (Wildman–Crippen LogP) is 5.78. The summed E-state index contributed by atoms with van der Waals surface area (Å²) in [5.41, 5.74) is 0.873. The lowest BCUT2D eigenvalue weighted by atomic mass is 9.85. The normalized spacial score (nSPS) is 20.9. The molecule has 0 aliphatic heterocycles. The Hall–Kier alpha value is -2.41. The van der Waals surface area contributed by atoms with E-state index in [4.69, 9.17) is 0 Å². The van der Waals surface area contributed by atoms with Crippen LogP contribution in [0, 0.1) is 11.8 Å². The number of Topliss-reactive ketones (excluding diaryl/α,β-unsaturated/α-hetero) is 1. The number of allylic oxidation sites excluding steroid dienone is 1. The minimum absolute atomic E-state index is 0.0945. The molecule has 2 atom stereocenters. The van der Waals surface area contributed by atoms with Crippen LogP contribution in [-0.2, 0) is 0 Å². The minimum atomic E-state index is 0.0945. The van der Waals surface area contributed by atoms with Crippen LogP contribution in [0.15, 0.2) is 67.3 Å². The first-order valence-electron chi connectivity index (χ1n) is 8.37. The number of fused-ring (bicyclic) bond motifs is 3. The van der Waals surface area contributed by atoms with Crippen molar-refractivity contribution in [2.24, 2.45) is 11.8 Å². The zero-order valence-corrected chi connectivity index (χ0v) is 13.2. The van der Waals surface area contributed by atoms with Crippen molar-refractivity contribution in [2.75, 3.05) is 0 Å². The van der Waals surface area contributed by atoms with E-state index < -0.39 is 0 Å². The number of hydrogen-bond donors (Lipinski definition) is 0. The second-order valence-electron chi connectivity index (χ2n) is 6.49. The molecule has 1 saturated carbocycles. The molecule has 0 unspecified atom stereocenters. The third kappa shape index (κ3) is 2.28. The van der Waals surface area contributed by atoms with Gasteiger partial charge in [0.15, 0.2) is 5.78 Å². The van der Waals surface area contributed by atoms with Gasteiger partial charge in [-0.25, -0.2) is 0 Å². The van der Waals surface area contributed by atoms with Crippen LogP contribution in [0.1, 0.15) is 29.6 Å². The summed E-state index contributed by atoms with van der Waals surface area (Å²) < 4.78 is 0. The molecule has 0 spiro atoms. The molecule has 0 heterocycles. The maximum Gasteiger partial charge on any atom is 0.167 e. The zero-order chi connectivity index (χ0) is 15.8. The summed E-state index contributed by atoms with van der Waals surface area (Å²) in [5.74, 6) is 0.708. The summed E-state index contributed by atoms with van der Waals surface area (Å²) in [6.45, 7) is 3.93. The molecule has 0 radical (unpaired) electrons. The maximum absolute atomic E-state index is 13.2. The Kier molecular flexibility index (Phi) is 3.49. The van der Waals surface area contributed by atoms with E-state index in [1.165, 1.54) is 10.8 Å². The van der Waals surface area contributed by atoms with Gasteiger partial charge < -0.3 is 0 Å². The number of carbonyl (C=O) groups is 1. The molecule has 114 valence electrons. The third-order valence-corrected chi connectivity index (χ3v) is 5.24. The van der Waals surface area contributed by atoms with Crippen LogP contribution in [0.25, 0.3) is 21.5 Å². The van der Waals surface area contributed by atoms with Crippen molar-refractivity contribution in [1.29, 1.82) is 0 Å². The zero-order valence-electron chi connectivity index (χ0n) is 13.2. The van der Waals surface area contributed by atoms with Crippen LogP contribution in [0.3, 0.4) is 0 Å². The summed E-state index contributed by atoms with van der Waals surface area (Å²) in [6, 6.07) is 18.7. The summed E-state index contributed by atoms with van der Waals surface area (Å²) in [6.07, 6.45) is 5.17. The summed E-state index contributed by atoms with van der Waals surface area (Å²) >= 11 is 0. The Morgan fingerprint density at radius 2 is 1.65 bits per heavy atom. The molecule has 23 heavy (non-hydrogen) atoms. The van der Waals surface area contributed by atoms with Crippen molar-refractivity contribution in [3.8, 4) is 0 Å². The van der Waals surface area contributed by atoms with Gasteiger partial charge in [-0.05, 0) is 46.4 Å². The van der Waals surface area contributed by atoms with Crippen molar-refractivity contribution >= 4 is 27.3 Å². The van der Waals surface area contributed by atoms with E-state index in [1.807, 2.05) is 24.3 Å². The maximum atomic E-state index is 13.2. The Bertz CT molecular complexity index is 906. The highest BCUT2D eigenvalue weighted by Crippen LogP contribution is 2.37. The fourth-order valence-electron chi connectivity index (χ4n) is 4.05. The van der Waals surface area contributed by atoms with Gasteiger partial charge in [-0.2, -0.15) is 0 Å². The largest absolute Gasteiger partial charge is 0.294 e. The smallest absolute Gasteiger partial charge is 0.167 e. The Morgan fingerprint density at radius 3 is 2.43 bits per heavy atom. The van der Waals surface area contributed by atoms with Crippen LogP contribution in [-0.4, -0.2) is 5.78 Å². The quantitative estimate of drug-likeness (QED) is 0.340. The number of benzene rings is 3. The lowest BCUT2D eigenvalue weighted by molar-refractivity contribution is 0.0906. The highest BCUT2D eigenvalue weighted by Gasteiger charge is 2.32. The molecule has 1 aliphatic carbocycles. The molecule has 1 fully saturated rings. The second-order valence-corrected chi connectivity index (χ2v) is 6.49. The van der Waals surface area contributed by atoms with E-state index in [-0.39, 0.29) is 11.7 Å². The predicted molar refractivity (Wildman–Crippen MR) is 96.8 cm³/mol. The number of rotatable bonds is 3. The summed E-state index contributed by atoms with van der Waals surface area (Å²) in [4.78, 5) is 13.2. The molecular weight excluding hydrogens is 280 g/mol. The topological polar surface area (TPSA) is 17.1 Å². The van der Waals surface area contributed by atoms with E-state index in [0.717, 1.165) is 35.6 Å². The highest BCUT2D eigenvalue weighted by molar-refractivity contribution is 6.18. The highest BCUT2D eigenvalue weighted by atomic mass is 16.1. The first kappa shape index (κ1) is 14.2. The molecule has 0 bridgehead atoms. The van der Waals surface area contributed by atoms with Crippen LogP contribution < -0.4 is 0 Å². The molecule has 3 aromatic rings. The molecule has 3 aromatic carbocycles. The number of carbonyl (C=O) groups excluding carboxylic acids is 1. The van der Waals surface area contributed by atoms with Crippen molar-refractivity contribution in [2.45, 2.75) is 19.3 Å². The van der Waals surface area contributed by atoms with E-state index in [2.05, 4.69) is 43.0 Å². The lowest BCUT2D eigenvalue weighted by Crippen LogP contribution is -2.18. The van der Waals surface area contributed by atoms with E-state index >= 15 is 0 Å². The molecule has 0 amide bonds. The van der Waals surface area contributed by atoms with Gasteiger partial charge in [-0.15, -0.1) is 6.58 Å². The van der Waals surface area contributed by atoms with Gasteiger partial charge in [0.2, 0.25) is 0 Å². The summed E-state index contributed by atoms with van der Waals surface area (Å²) in [7, 11) is 0. The van der Waals surface area contributed by atoms with Gasteiger partial charge in [-0.3, -0.25) is 4.79 Å². The van der Waals surface area contributed by atoms with Gasteiger partial charge >= 0.3 is 0 Å². The summed E-state index contributed by atoms with van der Waals surface area (Å²) in [5, 5.41) is 4.60. The molecule has 4 rings (SSSR count). The first-order chi connectivity index (χ1) is 11.3. The first-order valence-corrected chi connectivity index (χ1v) is 8.37.